The molecule has 8 heteroatoms. The lowest BCUT2D eigenvalue weighted by Gasteiger charge is -2.08. The zero-order valence-corrected chi connectivity index (χ0v) is 16.5. The van der Waals surface area contributed by atoms with Crippen molar-refractivity contribution in [1.82, 2.24) is 19.7 Å². The van der Waals surface area contributed by atoms with Crippen molar-refractivity contribution in [3.63, 3.8) is 0 Å². The molecule has 0 radical (unpaired) electrons. The summed E-state index contributed by atoms with van der Waals surface area (Å²) in [5.74, 6) is 0.0593. The van der Waals surface area contributed by atoms with E-state index < -0.39 is 0 Å². The quantitative estimate of drug-likeness (QED) is 0.491. The molecule has 0 unspecified atom stereocenters. The number of hydrogen-bond donors (Lipinski definition) is 1. The van der Waals surface area contributed by atoms with Crippen LogP contribution in [-0.4, -0.2) is 31.4 Å². The van der Waals surface area contributed by atoms with Gasteiger partial charge in [0, 0.05) is 10.4 Å². The van der Waals surface area contributed by atoms with E-state index in [1.807, 2.05) is 55.5 Å². The normalized spacial score (nSPS) is 10.9. The number of fused-ring (bicyclic) bond motifs is 1. The van der Waals surface area contributed by atoms with Gasteiger partial charge in [0.2, 0.25) is 5.91 Å². The van der Waals surface area contributed by atoms with Gasteiger partial charge < -0.3 is 5.32 Å². The molecule has 0 bridgehead atoms. The molecule has 6 nitrogen and oxygen atoms in total. The first-order chi connectivity index (χ1) is 13.6. The van der Waals surface area contributed by atoms with Gasteiger partial charge in [-0.15, -0.1) is 10.2 Å². The van der Waals surface area contributed by atoms with E-state index in [9.17, 15) is 4.79 Å². The Morgan fingerprint density at radius 1 is 1.21 bits per heavy atom. The topological polar surface area (TPSA) is 72.7 Å². The minimum Gasteiger partial charge on any atom is -0.324 e. The average molecular weight is 410 g/mol. The zero-order valence-electron chi connectivity index (χ0n) is 15.0. The second-order valence-corrected chi connectivity index (χ2v) is 7.52. The molecule has 2 heterocycles. The highest BCUT2D eigenvalue weighted by molar-refractivity contribution is 7.99. The Morgan fingerprint density at radius 2 is 2.07 bits per heavy atom. The number of aryl methyl sites for hydroxylation is 1. The first-order valence-corrected chi connectivity index (χ1v) is 9.90. The highest BCUT2D eigenvalue weighted by atomic mass is 35.5. The lowest BCUT2D eigenvalue weighted by atomic mass is 10.2. The fourth-order valence-corrected chi connectivity index (χ4v) is 3.60. The highest BCUT2D eigenvalue weighted by Crippen LogP contribution is 2.24. The van der Waals surface area contributed by atoms with Crippen molar-refractivity contribution in [3.8, 4) is 5.69 Å². The van der Waals surface area contributed by atoms with E-state index in [2.05, 4.69) is 20.5 Å². The van der Waals surface area contributed by atoms with Gasteiger partial charge in [-0.2, -0.15) is 0 Å². The molecule has 28 heavy (non-hydrogen) atoms. The van der Waals surface area contributed by atoms with E-state index in [0.29, 0.717) is 15.9 Å². The molecule has 4 aromatic rings. The van der Waals surface area contributed by atoms with Crippen LogP contribution in [0.4, 0.5) is 5.69 Å². The number of nitrogens with zero attached hydrogens (tertiary/aromatic N) is 4. The van der Waals surface area contributed by atoms with Crippen LogP contribution in [0.15, 0.2) is 66.2 Å². The second-order valence-electron chi connectivity index (χ2n) is 6.17. The van der Waals surface area contributed by atoms with E-state index in [4.69, 9.17) is 11.6 Å². The molecule has 0 aliphatic carbocycles. The zero-order chi connectivity index (χ0) is 19.5. The molecule has 2 aromatic carbocycles. The standard InChI is InChI=1S/C20H16ClN5OS/c1-13-6-7-16(9-17(13)21)26-12-23-25-20(26)28-11-19(27)24-15-8-14-4-2-3-5-18(14)22-10-15/h2-10,12H,11H2,1H3,(H,24,27). The van der Waals surface area contributed by atoms with Gasteiger partial charge in [-0.1, -0.05) is 47.6 Å². The molecular weight excluding hydrogens is 394 g/mol. The van der Waals surface area contributed by atoms with Crippen LogP contribution in [-0.2, 0) is 4.79 Å². The van der Waals surface area contributed by atoms with E-state index >= 15 is 0 Å². The van der Waals surface area contributed by atoms with Crippen LogP contribution in [0, 0.1) is 6.92 Å². The summed E-state index contributed by atoms with van der Waals surface area (Å²) < 4.78 is 1.81. The maximum absolute atomic E-state index is 12.4. The minimum atomic E-state index is -0.140. The van der Waals surface area contributed by atoms with Gasteiger partial charge in [-0.25, -0.2) is 0 Å². The van der Waals surface area contributed by atoms with Crippen LogP contribution < -0.4 is 5.32 Å². The Bertz CT molecular complexity index is 1160. The first kappa shape index (κ1) is 18.5. The smallest absolute Gasteiger partial charge is 0.234 e. The van der Waals surface area contributed by atoms with E-state index in [-0.39, 0.29) is 11.7 Å². The molecule has 0 fully saturated rings. The molecule has 1 amide bonds. The summed E-state index contributed by atoms with van der Waals surface area (Å²) in [5.41, 5.74) is 3.40. The summed E-state index contributed by atoms with van der Waals surface area (Å²) in [6, 6.07) is 15.4. The largest absolute Gasteiger partial charge is 0.324 e. The van der Waals surface area contributed by atoms with E-state index in [0.717, 1.165) is 22.2 Å². The summed E-state index contributed by atoms with van der Waals surface area (Å²) in [6.45, 7) is 1.94. The predicted octanol–water partition coefficient (Wildman–Crippen LogP) is 4.51. The fourth-order valence-electron chi connectivity index (χ4n) is 2.70. The molecule has 2 aromatic heterocycles. The summed E-state index contributed by atoms with van der Waals surface area (Å²) in [5, 5.41) is 13.2. The first-order valence-electron chi connectivity index (χ1n) is 8.54. The Labute approximate surface area is 171 Å². The van der Waals surface area contributed by atoms with Crippen LogP contribution in [0.5, 0.6) is 0 Å². The highest BCUT2D eigenvalue weighted by Gasteiger charge is 2.11. The number of carbonyl (C=O) groups is 1. The molecule has 0 saturated carbocycles. The van der Waals surface area contributed by atoms with Crippen LogP contribution in [0.3, 0.4) is 0 Å². The molecule has 0 saturated heterocycles. The van der Waals surface area contributed by atoms with Crippen molar-refractivity contribution in [2.45, 2.75) is 12.1 Å². The maximum Gasteiger partial charge on any atom is 0.234 e. The van der Waals surface area contributed by atoms with Gasteiger partial charge in [-0.05, 0) is 36.8 Å². The van der Waals surface area contributed by atoms with Gasteiger partial charge in [0.25, 0.3) is 0 Å². The predicted molar refractivity (Wildman–Crippen MR) is 112 cm³/mol. The van der Waals surface area contributed by atoms with Crippen molar-refractivity contribution < 1.29 is 4.79 Å². The lowest BCUT2D eigenvalue weighted by Crippen LogP contribution is -2.14. The van der Waals surface area contributed by atoms with Crippen LogP contribution in [0.1, 0.15) is 5.56 Å². The molecule has 0 atom stereocenters. The monoisotopic (exact) mass is 409 g/mol. The van der Waals surface area contributed by atoms with Crippen molar-refractivity contribution in [1.29, 1.82) is 0 Å². The van der Waals surface area contributed by atoms with Gasteiger partial charge in [0.15, 0.2) is 5.16 Å². The average Bonchev–Trinajstić information content (AvgIpc) is 3.17. The Hall–Kier alpha value is -2.90. The Kier molecular flexibility index (Phi) is 5.27. The number of nitrogens with one attached hydrogen (secondary N) is 1. The third-order valence-electron chi connectivity index (χ3n) is 4.16. The van der Waals surface area contributed by atoms with Crippen molar-refractivity contribution in [3.05, 3.63) is 71.6 Å². The third kappa shape index (κ3) is 4.00. The van der Waals surface area contributed by atoms with E-state index in [1.165, 1.54) is 11.8 Å². The Balaban J connectivity index is 1.43. The molecule has 0 spiro atoms. The number of carbonyl (C=O) groups excluding carboxylic acids is 1. The summed E-state index contributed by atoms with van der Waals surface area (Å²) >= 11 is 7.51. The number of para-hydroxylation sites is 1. The molecule has 140 valence electrons. The number of anilines is 1. The van der Waals surface area contributed by atoms with E-state index in [1.54, 1.807) is 17.1 Å². The fraction of sp³-hybridized carbons (Fsp3) is 0.100. The number of amides is 1. The summed E-state index contributed by atoms with van der Waals surface area (Å²) in [6.07, 6.45) is 3.26. The lowest BCUT2D eigenvalue weighted by molar-refractivity contribution is -0.113. The number of aromatic nitrogens is 4. The van der Waals surface area contributed by atoms with Gasteiger partial charge in [0.05, 0.1) is 28.8 Å². The van der Waals surface area contributed by atoms with Crippen molar-refractivity contribution >= 4 is 45.9 Å². The van der Waals surface area contributed by atoms with Crippen LogP contribution in [0.2, 0.25) is 5.02 Å². The van der Waals surface area contributed by atoms with Gasteiger partial charge in [-0.3, -0.25) is 14.3 Å². The molecule has 1 N–H and O–H groups in total. The number of pyridine rings is 1. The van der Waals surface area contributed by atoms with Crippen LogP contribution >= 0.6 is 23.4 Å². The second kappa shape index (κ2) is 8.00. The third-order valence-corrected chi connectivity index (χ3v) is 5.51. The SMILES string of the molecule is Cc1ccc(-n2cnnc2SCC(=O)Nc2cnc3ccccc3c2)cc1Cl. The number of hydrogen-bond acceptors (Lipinski definition) is 5. The maximum atomic E-state index is 12.4. The van der Waals surface area contributed by atoms with Crippen molar-refractivity contribution in [2.75, 3.05) is 11.1 Å². The molecule has 0 aliphatic rings. The summed E-state index contributed by atoms with van der Waals surface area (Å²) in [4.78, 5) is 16.7. The number of rotatable bonds is 5. The van der Waals surface area contributed by atoms with Crippen molar-refractivity contribution in [2.24, 2.45) is 0 Å². The molecular formula is C20H16ClN5OS. The molecule has 0 aliphatic heterocycles. The summed E-state index contributed by atoms with van der Waals surface area (Å²) in [7, 11) is 0. The number of halogens is 1. The Morgan fingerprint density at radius 3 is 2.93 bits per heavy atom. The minimum absolute atomic E-state index is 0.140. The number of benzene rings is 2. The number of thioether (sulfide) groups is 1. The molecule has 4 rings (SSSR count). The van der Waals surface area contributed by atoms with Crippen LogP contribution in [0.25, 0.3) is 16.6 Å². The van der Waals surface area contributed by atoms with Gasteiger partial charge >= 0.3 is 0 Å². The van der Waals surface area contributed by atoms with Gasteiger partial charge in [0.1, 0.15) is 6.33 Å².